The van der Waals surface area contributed by atoms with Crippen LogP contribution in [0.4, 0.5) is 0 Å². The zero-order valence-electron chi connectivity index (χ0n) is 27.6. The molecule has 10 rings (SSSR count). The lowest BCUT2D eigenvalue weighted by Crippen LogP contribution is -2.01. The molecule has 0 unspecified atom stereocenters. The van der Waals surface area contributed by atoms with Crippen LogP contribution in [-0.2, 0) is 0 Å². The fraction of sp³-hybridized carbons (Fsp3) is 0. The van der Waals surface area contributed by atoms with Crippen LogP contribution >= 0.6 is 0 Å². The highest BCUT2D eigenvalue weighted by Gasteiger charge is 2.17. The number of aromatic nitrogens is 4. The molecule has 8 aromatic carbocycles. The van der Waals surface area contributed by atoms with Gasteiger partial charge in [0.2, 0.25) is 0 Å². The van der Waals surface area contributed by atoms with E-state index >= 15 is 0 Å². The van der Waals surface area contributed by atoms with Crippen LogP contribution in [0, 0.1) is 0 Å². The minimum absolute atomic E-state index is 0.629. The predicted molar refractivity (Wildman–Crippen MR) is 211 cm³/mol. The van der Waals surface area contributed by atoms with Gasteiger partial charge in [0, 0.05) is 33.2 Å². The van der Waals surface area contributed by atoms with Crippen molar-refractivity contribution in [2.24, 2.45) is 0 Å². The van der Waals surface area contributed by atoms with Crippen LogP contribution < -0.4 is 0 Å². The first-order chi connectivity index (χ1) is 25.2. The van der Waals surface area contributed by atoms with Gasteiger partial charge in [0.25, 0.3) is 0 Å². The molecule has 0 amide bonds. The topological polar surface area (TPSA) is 43.6 Å². The van der Waals surface area contributed by atoms with Crippen LogP contribution in [0.1, 0.15) is 0 Å². The standard InChI is InChI=1S/C47H30N4/c1-3-12-31(13-4-1)32-22-24-34(25-23-32)46-48-45(33-14-5-2-6-15-33)49-47(50-46)39-20-11-21-40(26-39)51-43-29-37-18-9-7-16-35(37)27-41(43)42-28-36-17-8-10-19-38(36)30-44(42)51/h1-30H. The van der Waals surface area contributed by atoms with E-state index in [0.717, 1.165) is 39.0 Å². The lowest BCUT2D eigenvalue weighted by molar-refractivity contribution is 1.07. The monoisotopic (exact) mass is 650 g/mol. The van der Waals surface area contributed by atoms with Crippen LogP contribution in [-0.4, -0.2) is 19.5 Å². The average Bonchev–Trinajstić information content (AvgIpc) is 3.51. The van der Waals surface area contributed by atoms with Crippen LogP contribution in [0.15, 0.2) is 182 Å². The van der Waals surface area contributed by atoms with Crippen molar-refractivity contribution < 1.29 is 0 Å². The number of rotatable bonds is 5. The van der Waals surface area contributed by atoms with Crippen LogP contribution in [0.2, 0.25) is 0 Å². The Morgan fingerprint density at radius 2 is 0.686 bits per heavy atom. The smallest absolute Gasteiger partial charge is 0.164 e. The summed E-state index contributed by atoms with van der Waals surface area (Å²) in [5.74, 6) is 1.91. The summed E-state index contributed by atoms with van der Waals surface area (Å²) in [6, 6.07) is 64.0. The van der Waals surface area contributed by atoms with E-state index in [1.807, 2.05) is 36.4 Å². The molecule has 0 bridgehead atoms. The number of hydrogen-bond acceptors (Lipinski definition) is 3. The molecule has 0 aliphatic carbocycles. The first-order valence-corrected chi connectivity index (χ1v) is 17.2. The maximum absolute atomic E-state index is 5.10. The first-order valence-electron chi connectivity index (χ1n) is 17.2. The van der Waals surface area contributed by atoms with Gasteiger partial charge < -0.3 is 4.57 Å². The van der Waals surface area contributed by atoms with Crippen molar-refractivity contribution in [2.45, 2.75) is 0 Å². The Hall–Kier alpha value is -6.91. The van der Waals surface area contributed by atoms with Gasteiger partial charge in [-0.2, -0.15) is 0 Å². The maximum atomic E-state index is 5.10. The van der Waals surface area contributed by atoms with E-state index in [9.17, 15) is 0 Å². The van der Waals surface area contributed by atoms with Gasteiger partial charge in [0.05, 0.1) is 11.0 Å². The lowest BCUT2D eigenvalue weighted by Gasteiger charge is -2.12. The minimum Gasteiger partial charge on any atom is -0.309 e. The highest BCUT2D eigenvalue weighted by Crippen LogP contribution is 2.38. The summed E-state index contributed by atoms with van der Waals surface area (Å²) in [5.41, 5.74) is 8.50. The molecule has 0 saturated carbocycles. The summed E-state index contributed by atoms with van der Waals surface area (Å²) in [7, 11) is 0. The fourth-order valence-corrected chi connectivity index (χ4v) is 7.24. The third-order valence-electron chi connectivity index (χ3n) is 9.78. The molecule has 2 heterocycles. The second kappa shape index (κ2) is 11.9. The molecule has 0 aliphatic heterocycles. The zero-order valence-corrected chi connectivity index (χ0v) is 27.6. The number of nitrogens with zero attached hydrogens (tertiary/aromatic N) is 4. The number of benzene rings is 8. The summed E-state index contributed by atoms with van der Waals surface area (Å²) < 4.78 is 2.38. The fourth-order valence-electron chi connectivity index (χ4n) is 7.24. The van der Waals surface area contributed by atoms with Crippen molar-refractivity contribution in [1.82, 2.24) is 19.5 Å². The molecule has 0 aliphatic rings. The first kappa shape index (κ1) is 29.0. The van der Waals surface area contributed by atoms with Crippen LogP contribution in [0.5, 0.6) is 0 Å². The van der Waals surface area contributed by atoms with Gasteiger partial charge >= 0.3 is 0 Å². The molecule has 10 aromatic rings. The quantitative estimate of drug-likeness (QED) is 0.186. The Labute approximate surface area is 295 Å². The molecule has 0 fully saturated rings. The number of fused-ring (bicyclic) bond motifs is 5. The highest BCUT2D eigenvalue weighted by molar-refractivity contribution is 6.16. The van der Waals surface area contributed by atoms with E-state index in [4.69, 9.17) is 15.0 Å². The second-order valence-corrected chi connectivity index (χ2v) is 12.9. The lowest BCUT2D eigenvalue weighted by atomic mass is 10.0. The average molecular weight is 651 g/mol. The predicted octanol–water partition coefficient (Wildman–Crippen LogP) is 11.9. The van der Waals surface area contributed by atoms with Gasteiger partial charge in [0.15, 0.2) is 17.5 Å². The summed E-state index contributed by atoms with van der Waals surface area (Å²) >= 11 is 0. The SMILES string of the molecule is c1ccc(-c2ccc(-c3nc(-c4ccccc4)nc(-c4cccc(-n5c6cc7ccccc7cc6c6cc7ccccc7cc65)c4)n3)cc2)cc1. The molecule has 0 radical (unpaired) electrons. The summed E-state index contributed by atoms with van der Waals surface area (Å²) in [6.45, 7) is 0. The van der Waals surface area contributed by atoms with E-state index < -0.39 is 0 Å². The van der Waals surface area contributed by atoms with E-state index in [0.29, 0.717) is 17.5 Å². The molecule has 4 nitrogen and oxygen atoms in total. The summed E-state index contributed by atoms with van der Waals surface area (Å²) in [5, 5.41) is 7.34. The van der Waals surface area contributed by atoms with Gasteiger partial charge in [-0.25, -0.2) is 15.0 Å². The Balaban J connectivity index is 1.16. The largest absolute Gasteiger partial charge is 0.309 e. The summed E-state index contributed by atoms with van der Waals surface area (Å²) in [6.07, 6.45) is 0. The van der Waals surface area contributed by atoms with Gasteiger partial charge in [-0.1, -0.05) is 146 Å². The van der Waals surface area contributed by atoms with Gasteiger partial charge in [-0.05, 0) is 69.1 Å². The van der Waals surface area contributed by atoms with Crippen molar-refractivity contribution in [3.05, 3.63) is 182 Å². The Morgan fingerprint density at radius 1 is 0.294 bits per heavy atom. The van der Waals surface area contributed by atoms with Gasteiger partial charge in [-0.3, -0.25) is 0 Å². The van der Waals surface area contributed by atoms with Crippen molar-refractivity contribution in [2.75, 3.05) is 0 Å². The Morgan fingerprint density at radius 3 is 1.24 bits per heavy atom. The van der Waals surface area contributed by atoms with Crippen molar-refractivity contribution in [3.8, 4) is 51.0 Å². The zero-order chi connectivity index (χ0) is 33.7. The molecule has 0 saturated heterocycles. The van der Waals surface area contributed by atoms with E-state index in [2.05, 4.69) is 150 Å². The van der Waals surface area contributed by atoms with E-state index in [1.165, 1.54) is 37.9 Å². The third-order valence-corrected chi connectivity index (χ3v) is 9.78. The minimum atomic E-state index is 0.629. The molecular weight excluding hydrogens is 621 g/mol. The van der Waals surface area contributed by atoms with Gasteiger partial charge in [-0.15, -0.1) is 0 Å². The molecule has 51 heavy (non-hydrogen) atoms. The van der Waals surface area contributed by atoms with Crippen molar-refractivity contribution >= 4 is 43.4 Å². The molecule has 238 valence electrons. The highest BCUT2D eigenvalue weighted by atomic mass is 15.0. The Bertz CT molecular complexity index is 2800. The maximum Gasteiger partial charge on any atom is 0.164 e. The number of hydrogen-bond donors (Lipinski definition) is 0. The molecular formula is C47H30N4. The van der Waals surface area contributed by atoms with Crippen LogP contribution in [0.3, 0.4) is 0 Å². The van der Waals surface area contributed by atoms with Crippen LogP contribution in [0.25, 0.3) is 94.3 Å². The molecule has 0 spiro atoms. The summed E-state index contributed by atoms with van der Waals surface area (Å²) in [4.78, 5) is 15.1. The normalized spacial score (nSPS) is 11.5. The van der Waals surface area contributed by atoms with Crippen molar-refractivity contribution in [3.63, 3.8) is 0 Å². The van der Waals surface area contributed by atoms with Gasteiger partial charge in [0.1, 0.15) is 0 Å². The van der Waals surface area contributed by atoms with Crippen molar-refractivity contribution in [1.29, 1.82) is 0 Å². The molecule has 4 heteroatoms. The molecule has 2 aromatic heterocycles. The molecule has 0 N–H and O–H groups in total. The Kier molecular flexibility index (Phi) is 6.78. The van der Waals surface area contributed by atoms with E-state index in [-0.39, 0.29) is 0 Å². The molecule has 0 atom stereocenters. The van der Waals surface area contributed by atoms with E-state index in [1.54, 1.807) is 0 Å². The third kappa shape index (κ3) is 5.13. The second-order valence-electron chi connectivity index (χ2n) is 12.9.